The fourth-order valence-electron chi connectivity index (χ4n) is 3.48. The van der Waals surface area contributed by atoms with E-state index in [9.17, 15) is 20.0 Å². The Balaban J connectivity index is 2.25. The Kier molecular flexibility index (Phi) is 7.25. The topological polar surface area (TPSA) is 113 Å². The summed E-state index contributed by atoms with van der Waals surface area (Å²) in [6.45, 7) is 5.70. The van der Waals surface area contributed by atoms with Crippen molar-refractivity contribution in [1.29, 1.82) is 0 Å². The zero-order valence-electron chi connectivity index (χ0n) is 17.6. The van der Waals surface area contributed by atoms with Gasteiger partial charge in [0.15, 0.2) is 5.43 Å². The lowest BCUT2D eigenvalue weighted by Gasteiger charge is -2.21. The number of nitrogens with zero attached hydrogens (tertiary/aromatic N) is 4. The first-order valence-corrected chi connectivity index (χ1v) is 10.5. The Hall–Kier alpha value is -2.85. The molecule has 0 saturated heterocycles. The molecule has 3 aromatic rings. The van der Waals surface area contributed by atoms with Crippen LogP contribution < -0.4 is 10.7 Å². The third-order valence-electron chi connectivity index (χ3n) is 4.84. The van der Waals surface area contributed by atoms with E-state index in [0.29, 0.717) is 34.2 Å². The molecule has 0 amide bonds. The SMILES string of the molecule is CCOC(=O)c1c(-c2ccc(Cl)c(Cl)c2)n(CC)c(Cn2cc(N([O-])O)c(C)n2)cc1=O. The molecule has 1 aromatic carbocycles. The van der Waals surface area contributed by atoms with Crippen LogP contribution in [0.5, 0.6) is 0 Å². The normalized spacial score (nSPS) is 11.0. The molecular weight excluding hydrogens is 459 g/mol. The molecule has 0 atom stereocenters. The van der Waals surface area contributed by atoms with Gasteiger partial charge in [-0.05, 0) is 32.9 Å². The Labute approximate surface area is 193 Å². The number of aromatic nitrogens is 3. The van der Waals surface area contributed by atoms with Crippen molar-refractivity contribution in [2.75, 3.05) is 11.8 Å². The van der Waals surface area contributed by atoms with Crippen LogP contribution in [0.2, 0.25) is 10.0 Å². The number of hydrogen-bond donors (Lipinski definition) is 1. The maximum Gasteiger partial charge on any atom is 0.344 e. The molecular formula is C21H21Cl2N4O5-. The second kappa shape index (κ2) is 9.74. The molecule has 9 nitrogen and oxygen atoms in total. The van der Waals surface area contributed by atoms with Gasteiger partial charge in [0.1, 0.15) is 5.56 Å². The largest absolute Gasteiger partial charge is 0.733 e. The van der Waals surface area contributed by atoms with Gasteiger partial charge in [-0.15, -0.1) is 0 Å². The molecule has 0 aliphatic heterocycles. The Bertz CT molecular complexity index is 1220. The fourth-order valence-corrected chi connectivity index (χ4v) is 3.77. The average molecular weight is 480 g/mol. The third-order valence-corrected chi connectivity index (χ3v) is 5.58. The van der Waals surface area contributed by atoms with Gasteiger partial charge in [-0.25, -0.2) is 4.79 Å². The van der Waals surface area contributed by atoms with Gasteiger partial charge in [0, 0.05) is 23.9 Å². The van der Waals surface area contributed by atoms with E-state index >= 15 is 0 Å². The summed E-state index contributed by atoms with van der Waals surface area (Å²) in [5.41, 5.74) is 1.04. The summed E-state index contributed by atoms with van der Waals surface area (Å²) >= 11 is 12.3. The summed E-state index contributed by atoms with van der Waals surface area (Å²) in [5, 5.41) is 25.0. The molecule has 11 heteroatoms. The van der Waals surface area contributed by atoms with E-state index < -0.39 is 11.4 Å². The standard InChI is InChI=1S/C21H21Cl2N4O5/c1-4-26-14(10-25-11-17(27(30)31)12(3)24-25)9-18(28)19(21(29)32-5-2)20(26)13-6-7-15(22)16(23)8-13/h6-9,11,30H,4-5,10H2,1-3H3/q-1. The van der Waals surface area contributed by atoms with Crippen molar-refractivity contribution in [2.24, 2.45) is 0 Å². The second-order valence-corrected chi connectivity index (χ2v) is 7.70. The van der Waals surface area contributed by atoms with Crippen molar-refractivity contribution in [1.82, 2.24) is 14.3 Å². The van der Waals surface area contributed by atoms with Crippen molar-refractivity contribution in [3.05, 3.63) is 72.9 Å². The van der Waals surface area contributed by atoms with Gasteiger partial charge in [0.05, 0.1) is 46.5 Å². The molecule has 0 aliphatic rings. The highest BCUT2D eigenvalue weighted by Crippen LogP contribution is 2.31. The quantitative estimate of drug-likeness (QED) is 0.397. The maximum absolute atomic E-state index is 13.0. The minimum absolute atomic E-state index is 0.0109. The molecule has 170 valence electrons. The van der Waals surface area contributed by atoms with Crippen LogP contribution in [-0.2, 0) is 17.8 Å². The van der Waals surface area contributed by atoms with E-state index in [1.54, 1.807) is 36.6 Å². The minimum atomic E-state index is -0.744. The summed E-state index contributed by atoms with van der Waals surface area (Å²) in [6, 6.07) is 6.16. The zero-order chi connectivity index (χ0) is 23.6. The van der Waals surface area contributed by atoms with E-state index in [2.05, 4.69) is 5.10 Å². The Morgan fingerprint density at radius 3 is 2.53 bits per heavy atom. The van der Waals surface area contributed by atoms with E-state index in [-0.39, 0.29) is 34.7 Å². The van der Waals surface area contributed by atoms with Gasteiger partial charge in [-0.2, -0.15) is 5.10 Å². The number of aryl methyl sites for hydroxylation is 1. The van der Waals surface area contributed by atoms with Crippen LogP contribution in [0.3, 0.4) is 0 Å². The number of anilines is 1. The van der Waals surface area contributed by atoms with Crippen LogP contribution in [0.25, 0.3) is 11.3 Å². The van der Waals surface area contributed by atoms with E-state index in [0.717, 1.165) is 0 Å². The van der Waals surface area contributed by atoms with Crippen molar-refractivity contribution in [3.63, 3.8) is 0 Å². The van der Waals surface area contributed by atoms with Crippen molar-refractivity contribution >= 4 is 34.9 Å². The molecule has 32 heavy (non-hydrogen) atoms. The average Bonchev–Trinajstić information content (AvgIpc) is 3.10. The Morgan fingerprint density at radius 2 is 1.97 bits per heavy atom. The minimum Gasteiger partial charge on any atom is -0.733 e. The lowest BCUT2D eigenvalue weighted by Crippen LogP contribution is -2.25. The Morgan fingerprint density at radius 1 is 1.25 bits per heavy atom. The van der Waals surface area contributed by atoms with Crippen LogP contribution in [0.4, 0.5) is 5.69 Å². The van der Waals surface area contributed by atoms with Gasteiger partial charge in [0.2, 0.25) is 0 Å². The number of ether oxygens (including phenoxy) is 1. The summed E-state index contributed by atoms with van der Waals surface area (Å²) in [7, 11) is 0. The van der Waals surface area contributed by atoms with Gasteiger partial charge < -0.3 is 19.7 Å². The number of carbonyl (C=O) groups is 1. The lowest BCUT2D eigenvalue weighted by atomic mass is 10.0. The highest BCUT2D eigenvalue weighted by Gasteiger charge is 2.24. The predicted molar refractivity (Wildman–Crippen MR) is 121 cm³/mol. The summed E-state index contributed by atoms with van der Waals surface area (Å²) in [5.74, 6) is -0.744. The number of pyridine rings is 1. The third kappa shape index (κ3) is 4.66. The van der Waals surface area contributed by atoms with Crippen LogP contribution in [0.15, 0.2) is 35.3 Å². The van der Waals surface area contributed by atoms with Crippen LogP contribution in [0.1, 0.15) is 35.6 Å². The molecule has 0 unspecified atom stereocenters. The maximum atomic E-state index is 13.0. The number of benzene rings is 1. The molecule has 0 bridgehead atoms. The first kappa shape index (κ1) is 23.8. The molecule has 2 aromatic heterocycles. The van der Waals surface area contributed by atoms with Crippen molar-refractivity contribution in [3.8, 4) is 11.3 Å². The van der Waals surface area contributed by atoms with Gasteiger partial charge in [0.25, 0.3) is 0 Å². The molecule has 0 spiro atoms. The van der Waals surface area contributed by atoms with Crippen LogP contribution in [-0.4, -0.2) is 32.1 Å². The van der Waals surface area contributed by atoms with Crippen LogP contribution >= 0.6 is 23.2 Å². The highest BCUT2D eigenvalue weighted by molar-refractivity contribution is 6.42. The molecule has 0 radical (unpaired) electrons. The molecule has 0 aliphatic carbocycles. The number of rotatable bonds is 7. The first-order valence-electron chi connectivity index (χ1n) is 9.77. The summed E-state index contributed by atoms with van der Waals surface area (Å²) < 4.78 is 8.33. The smallest absolute Gasteiger partial charge is 0.344 e. The number of hydrogen-bond acceptors (Lipinski definition) is 7. The highest BCUT2D eigenvalue weighted by atomic mass is 35.5. The second-order valence-electron chi connectivity index (χ2n) is 6.89. The van der Waals surface area contributed by atoms with Crippen LogP contribution in [0, 0.1) is 12.1 Å². The lowest BCUT2D eigenvalue weighted by molar-refractivity contribution is 0.0525. The van der Waals surface area contributed by atoms with Gasteiger partial charge in [-0.1, -0.05) is 29.3 Å². The van der Waals surface area contributed by atoms with E-state index in [1.165, 1.54) is 16.9 Å². The molecule has 1 N–H and O–H groups in total. The predicted octanol–water partition coefficient (Wildman–Crippen LogP) is 4.27. The van der Waals surface area contributed by atoms with Gasteiger partial charge in [-0.3, -0.25) is 14.7 Å². The van der Waals surface area contributed by atoms with Gasteiger partial charge >= 0.3 is 5.97 Å². The molecule has 0 saturated carbocycles. The molecule has 2 heterocycles. The molecule has 3 rings (SSSR count). The summed E-state index contributed by atoms with van der Waals surface area (Å²) in [6.07, 6.45) is 1.37. The fraction of sp³-hybridized carbons (Fsp3) is 0.286. The van der Waals surface area contributed by atoms with Crippen molar-refractivity contribution in [2.45, 2.75) is 33.9 Å². The monoisotopic (exact) mass is 479 g/mol. The number of carbonyl (C=O) groups excluding carboxylic acids is 1. The van der Waals surface area contributed by atoms with E-state index in [4.69, 9.17) is 27.9 Å². The number of esters is 1. The van der Waals surface area contributed by atoms with Crippen molar-refractivity contribution < 1.29 is 14.7 Å². The zero-order valence-corrected chi connectivity index (χ0v) is 19.1. The summed E-state index contributed by atoms with van der Waals surface area (Å²) in [4.78, 5) is 25.7. The first-order chi connectivity index (χ1) is 15.2. The number of halogens is 2. The van der Waals surface area contributed by atoms with E-state index in [1.807, 2.05) is 6.92 Å². The molecule has 0 fully saturated rings.